The van der Waals surface area contributed by atoms with Gasteiger partial charge >= 0.3 is 0 Å². The highest BCUT2D eigenvalue weighted by Gasteiger charge is 2.22. The molecule has 4 nitrogen and oxygen atoms in total. The first-order valence-corrected chi connectivity index (χ1v) is 6.53. The number of anilines is 1. The van der Waals surface area contributed by atoms with Gasteiger partial charge in [0, 0.05) is 25.7 Å². The highest BCUT2D eigenvalue weighted by Crippen LogP contribution is 2.26. The lowest BCUT2D eigenvalue weighted by atomic mass is 10.2. The predicted octanol–water partition coefficient (Wildman–Crippen LogP) is 2.08. The third kappa shape index (κ3) is 2.02. The van der Waals surface area contributed by atoms with Crippen molar-refractivity contribution in [3.05, 3.63) is 29.4 Å². The van der Waals surface area contributed by atoms with Gasteiger partial charge in [-0.05, 0) is 19.1 Å². The van der Waals surface area contributed by atoms with Crippen LogP contribution in [0.25, 0.3) is 11.0 Å². The van der Waals surface area contributed by atoms with Gasteiger partial charge in [0.15, 0.2) is 11.0 Å². The Morgan fingerprint density at radius 3 is 2.72 bits per heavy atom. The highest BCUT2D eigenvalue weighted by atomic mass is 35.5. The van der Waals surface area contributed by atoms with E-state index in [4.69, 9.17) is 11.6 Å². The number of fused-ring (bicyclic) bond motifs is 1. The van der Waals surface area contributed by atoms with Crippen molar-refractivity contribution < 1.29 is 0 Å². The van der Waals surface area contributed by atoms with E-state index in [-0.39, 0.29) is 0 Å². The Labute approximate surface area is 111 Å². The van der Waals surface area contributed by atoms with Crippen molar-refractivity contribution in [1.82, 2.24) is 15.3 Å². The van der Waals surface area contributed by atoms with Gasteiger partial charge in [0.05, 0.1) is 11.0 Å². The Balaban J connectivity index is 2.07. The van der Waals surface area contributed by atoms with Crippen molar-refractivity contribution >= 4 is 28.5 Å². The number of piperazine rings is 1. The van der Waals surface area contributed by atoms with Crippen molar-refractivity contribution in [3.8, 4) is 0 Å². The first-order chi connectivity index (χ1) is 8.75. The fraction of sp³-hybridized carbons (Fsp3) is 0.385. The van der Waals surface area contributed by atoms with Crippen LogP contribution in [0.4, 0.5) is 5.82 Å². The lowest BCUT2D eigenvalue weighted by molar-refractivity contribution is 0.497. The highest BCUT2D eigenvalue weighted by molar-refractivity contribution is 6.32. The molecule has 5 heteroatoms. The van der Waals surface area contributed by atoms with Gasteiger partial charge in [0.2, 0.25) is 0 Å². The zero-order valence-corrected chi connectivity index (χ0v) is 11.0. The van der Waals surface area contributed by atoms with Crippen molar-refractivity contribution in [2.45, 2.75) is 13.0 Å². The van der Waals surface area contributed by atoms with Gasteiger partial charge in [0.25, 0.3) is 0 Å². The Bertz CT molecular complexity index is 572. The zero-order valence-electron chi connectivity index (χ0n) is 10.2. The van der Waals surface area contributed by atoms with Crippen molar-refractivity contribution in [1.29, 1.82) is 0 Å². The minimum absolute atomic E-state index is 0.381. The number of nitrogens with zero attached hydrogens (tertiary/aromatic N) is 3. The minimum Gasteiger partial charge on any atom is -0.349 e. The number of aromatic nitrogens is 2. The second-order valence-electron chi connectivity index (χ2n) is 4.57. The number of nitrogens with one attached hydrogen (secondary N) is 1. The maximum atomic E-state index is 6.27. The maximum absolute atomic E-state index is 6.27. The molecule has 1 N–H and O–H groups in total. The van der Waals surface area contributed by atoms with Crippen molar-refractivity contribution in [3.63, 3.8) is 0 Å². The standard InChI is InChI=1S/C13H15ClN4/c1-9-8-15-6-7-18(9)13-12(14)16-10-4-2-3-5-11(10)17-13/h2-5,9,15H,6-8H2,1H3. The predicted molar refractivity (Wildman–Crippen MR) is 74.2 cm³/mol. The molecule has 1 aliphatic rings. The fourth-order valence-corrected chi connectivity index (χ4v) is 2.55. The van der Waals surface area contributed by atoms with E-state index in [1.807, 2.05) is 24.3 Å². The average molecular weight is 263 g/mol. The Kier molecular flexibility index (Phi) is 3.06. The molecule has 2 aromatic rings. The van der Waals surface area contributed by atoms with E-state index in [1.54, 1.807) is 0 Å². The molecule has 0 bridgehead atoms. The van der Waals surface area contributed by atoms with Gasteiger partial charge in [-0.25, -0.2) is 9.97 Å². The second-order valence-corrected chi connectivity index (χ2v) is 4.93. The Hall–Kier alpha value is -1.39. The number of halogens is 1. The molecule has 1 atom stereocenters. The molecular weight excluding hydrogens is 248 g/mol. The molecular formula is C13H15ClN4. The van der Waals surface area contributed by atoms with Gasteiger partial charge in [0.1, 0.15) is 0 Å². The van der Waals surface area contributed by atoms with Gasteiger partial charge in [-0.3, -0.25) is 0 Å². The van der Waals surface area contributed by atoms with Crippen molar-refractivity contribution in [2.24, 2.45) is 0 Å². The zero-order chi connectivity index (χ0) is 12.5. The smallest absolute Gasteiger partial charge is 0.172 e. The first-order valence-electron chi connectivity index (χ1n) is 6.15. The summed E-state index contributed by atoms with van der Waals surface area (Å²) in [4.78, 5) is 11.3. The van der Waals surface area contributed by atoms with Gasteiger partial charge in [-0.2, -0.15) is 0 Å². The molecule has 0 spiro atoms. The molecule has 1 fully saturated rings. The molecule has 94 valence electrons. The van der Waals surface area contributed by atoms with E-state index in [0.29, 0.717) is 11.2 Å². The number of rotatable bonds is 1. The lowest BCUT2D eigenvalue weighted by Gasteiger charge is -2.35. The number of hydrogen-bond acceptors (Lipinski definition) is 4. The number of para-hydroxylation sites is 2. The fourth-order valence-electron chi connectivity index (χ4n) is 2.31. The molecule has 1 aromatic carbocycles. The number of hydrogen-bond donors (Lipinski definition) is 1. The van der Waals surface area contributed by atoms with E-state index in [0.717, 1.165) is 36.5 Å². The molecule has 1 unspecified atom stereocenters. The van der Waals surface area contributed by atoms with E-state index in [9.17, 15) is 0 Å². The lowest BCUT2D eigenvalue weighted by Crippen LogP contribution is -2.50. The molecule has 2 heterocycles. The van der Waals surface area contributed by atoms with Crippen molar-refractivity contribution in [2.75, 3.05) is 24.5 Å². The minimum atomic E-state index is 0.381. The molecule has 0 saturated carbocycles. The summed E-state index contributed by atoms with van der Waals surface area (Å²) in [5.74, 6) is 0.796. The summed E-state index contributed by atoms with van der Waals surface area (Å²) < 4.78 is 0. The van der Waals surface area contributed by atoms with Crippen LogP contribution in [0.5, 0.6) is 0 Å². The average Bonchev–Trinajstić information content (AvgIpc) is 2.39. The molecule has 3 rings (SSSR count). The summed E-state index contributed by atoms with van der Waals surface area (Å²) in [6.07, 6.45) is 0. The largest absolute Gasteiger partial charge is 0.349 e. The maximum Gasteiger partial charge on any atom is 0.172 e. The summed E-state index contributed by atoms with van der Waals surface area (Å²) in [7, 11) is 0. The molecule has 0 aliphatic carbocycles. The molecule has 0 radical (unpaired) electrons. The summed E-state index contributed by atoms with van der Waals surface area (Å²) in [5.41, 5.74) is 1.73. The van der Waals surface area contributed by atoms with Crippen LogP contribution < -0.4 is 10.2 Å². The Morgan fingerprint density at radius 2 is 2.00 bits per heavy atom. The van der Waals surface area contributed by atoms with Crippen LogP contribution >= 0.6 is 11.6 Å². The summed E-state index contributed by atoms with van der Waals surface area (Å²) in [6.45, 7) is 4.98. The van der Waals surface area contributed by atoms with E-state index in [2.05, 4.69) is 27.1 Å². The van der Waals surface area contributed by atoms with Crippen LogP contribution in [0.1, 0.15) is 6.92 Å². The quantitative estimate of drug-likeness (QED) is 0.854. The van der Waals surface area contributed by atoms with Crippen LogP contribution in [-0.2, 0) is 0 Å². The van der Waals surface area contributed by atoms with Gasteiger partial charge in [-0.1, -0.05) is 23.7 Å². The van der Waals surface area contributed by atoms with Crippen LogP contribution in [0.15, 0.2) is 24.3 Å². The summed E-state index contributed by atoms with van der Waals surface area (Å²) in [5, 5.41) is 3.85. The normalized spacial score (nSPS) is 20.3. The third-order valence-corrected chi connectivity index (χ3v) is 3.54. The second kappa shape index (κ2) is 4.71. The van der Waals surface area contributed by atoms with Crippen LogP contribution in [0.3, 0.4) is 0 Å². The SMILES string of the molecule is CC1CNCCN1c1nc2ccccc2nc1Cl. The van der Waals surface area contributed by atoms with Crippen LogP contribution in [0.2, 0.25) is 5.15 Å². The molecule has 1 saturated heterocycles. The van der Waals surface area contributed by atoms with Crippen LogP contribution in [0, 0.1) is 0 Å². The van der Waals surface area contributed by atoms with E-state index < -0.39 is 0 Å². The van der Waals surface area contributed by atoms with Crippen LogP contribution in [-0.4, -0.2) is 35.6 Å². The third-order valence-electron chi connectivity index (χ3n) is 3.28. The summed E-state index contributed by atoms with van der Waals surface area (Å²) in [6, 6.07) is 8.19. The van der Waals surface area contributed by atoms with E-state index >= 15 is 0 Å². The topological polar surface area (TPSA) is 41.0 Å². The van der Waals surface area contributed by atoms with E-state index in [1.165, 1.54) is 0 Å². The van der Waals surface area contributed by atoms with Gasteiger partial charge in [-0.15, -0.1) is 0 Å². The monoisotopic (exact) mass is 262 g/mol. The molecule has 1 aromatic heterocycles. The molecule has 18 heavy (non-hydrogen) atoms. The molecule has 0 amide bonds. The van der Waals surface area contributed by atoms with Gasteiger partial charge < -0.3 is 10.2 Å². The number of benzene rings is 1. The first kappa shape index (κ1) is 11.7. The summed E-state index contributed by atoms with van der Waals surface area (Å²) >= 11 is 6.27. The molecule has 1 aliphatic heterocycles. The Morgan fingerprint density at radius 1 is 1.28 bits per heavy atom.